The summed E-state index contributed by atoms with van der Waals surface area (Å²) in [5.41, 5.74) is 1.46. The minimum Gasteiger partial charge on any atom is -0.486 e. The van der Waals surface area contributed by atoms with Gasteiger partial charge < -0.3 is 9.64 Å². The van der Waals surface area contributed by atoms with Crippen molar-refractivity contribution in [2.45, 2.75) is 18.7 Å². The minimum absolute atomic E-state index is 0.0783. The minimum atomic E-state index is -0.404. The highest BCUT2D eigenvalue weighted by atomic mass is 35.5. The molecule has 1 saturated heterocycles. The fourth-order valence-corrected chi connectivity index (χ4v) is 3.79. The molecule has 2 aromatic rings. The fraction of sp³-hybridized carbons (Fsp3) is 0.316. The molecule has 4 nitrogen and oxygen atoms in total. The summed E-state index contributed by atoms with van der Waals surface area (Å²) in [6.07, 6.45) is -0.195. The molecule has 6 heteroatoms. The molecule has 2 heterocycles. The third-order valence-electron chi connectivity index (χ3n) is 4.93. The van der Waals surface area contributed by atoms with Crippen molar-refractivity contribution in [2.75, 3.05) is 20.1 Å². The largest absolute Gasteiger partial charge is 0.486 e. The number of hydrogen-bond acceptors (Lipinski definition) is 3. The topological polar surface area (TPSA) is 32.8 Å². The van der Waals surface area contributed by atoms with E-state index in [1.54, 1.807) is 11.9 Å². The average Bonchev–Trinajstić information content (AvgIpc) is 2.94. The quantitative estimate of drug-likeness (QED) is 0.824. The predicted octanol–water partition coefficient (Wildman–Crippen LogP) is 3.20. The van der Waals surface area contributed by atoms with Gasteiger partial charge in [0.15, 0.2) is 0 Å². The summed E-state index contributed by atoms with van der Waals surface area (Å²) in [6, 6.07) is 11.7. The Bertz CT molecular complexity index is 829. The molecular formula is C19H18ClFN2O2. The van der Waals surface area contributed by atoms with Crippen molar-refractivity contribution in [3.05, 3.63) is 64.4 Å². The van der Waals surface area contributed by atoms with E-state index in [0.29, 0.717) is 30.9 Å². The van der Waals surface area contributed by atoms with Crippen LogP contribution in [0.4, 0.5) is 4.39 Å². The Morgan fingerprint density at radius 2 is 2.04 bits per heavy atom. The lowest BCUT2D eigenvalue weighted by Crippen LogP contribution is -2.44. The number of ether oxygens (including phenoxy) is 1. The monoisotopic (exact) mass is 360 g/mol. The molecule has 2 aromatic carbocycles. The summed E-state index contributed by atoms with van der Waals surface area (Å²) >= 11 is 6.25. The molecule has 0 N–H and O–H groups in total. The number of nitrogens with zero attached hydrogens (tertiary/aromatic N) is 2. The highest BCUT2D eigenvalue weighted by Gasteiger charge is 2.42. The lowest BCUT2D eigenvalue weighted by atomic mass is 10.1. The maximum atomic E-state index is 13.6. The van der Waals surface area contributed by atoms with Crippen molar-refractivity contribution >= 4 is 17.5 Å². The molecule has 130 valence electrons. The van der Waals surface area contributed by atoms with Crippen LogP contribution in [0.2, 0.25) is 5.02 Å². The van der Waals surface area contributed by atoms with Gasteiger partial charge in [-0.05, 0) is 23.8 Å². The molecule has 0 spiro atoms. The van der Waals surface area contributed by atoms with Crippen LogP contribution in [0.3, 0.4) is 0 Å². The van der Waals surface area contributed by atoms with Crippen LogP contribution in [0.15, 0.2) is 42.5 Å². The second-order valence-electron chi connectivity index (χ2n) is 6.57. The zero-order chi connectivity index (χ0) is 17.6. The number of fused-ring (bicyclic) bond motifs is 2. The van der Waals surface area contributed by atoms with Gasteiger partial charge in [-0.1, -0.05) is 29.8 Å². The van der Waals surface area contributed by atoms with Crippen LogP contribution in [-0.2, 0) is 6.54 Å². The molecule has 2 aliphatic rings. The molecule has 2 atom stereocenters. The van der Waals surface area contributed by atoms with Gasteiger partial charge in [0.1, 0.15) is 17.7 Å². The van der Waals surface area contributed by atoms with E-state index >= 15 is 0 Å². The Kier molecular flexibility index (Phi) is 4.13. The zero-order valence-electron chi connectivity index (χ0n) is 13.8. The Morgan fingerprint density at radius 3 is 2.84 bits per heavy atom. The normalized spacial score (nSPS) is 23.0. The summed E-state index contributed by atoms with van der Waals surface area (Å²) < 4.78 is 19.6. The fourth-order valence-electron chi connectivity index (χ4n) is 3.59. The van der Waals surface area contributed by atoms with E-state index in [1.165, 1.54) is 18.2 Å². The van der Waals surface area contributed by atoms with E-state index in [4.69, 9.17) is 16.3 Å². The third kappa shape index (κ3) is 2.98. The lowest BCUT2D eigenvalue weighted by Gasteiger charge is -2.25. The van der Waals surface area contributed by atoms with E-state index in [0.717, 1.165) is 10.6 Å². The highest BCUT2D eigenvalue weighted by Crippen LogP contribution is 2.32. The van der Waals surface area contributed by atoms with Gasteiger partial charge in [0.25, 0.3) is 5.91 Å². The van der Waals surface area contributed by atoms with Crippen molar-refractivity contribution in [3.63, 3.8) is 0 Å². The van der Waals surface area contributed by atoms with E-state index < -0.39 is 5.82 Å². The Hall–Kier alpha value is -2.11. The molecule has 0 bridgehead atoms. The molecule has 2 aliphatic heterocycles. The Labute approximate surface area is 150 Å². The zero-order valence-corrected chi connectivity index (χ0v) is 14.5. The molecule has 4 rings (SSSR count). The van der Waals surface area contributed by atoms with Gasteiger partial charge in [-0.25, -0.2) is 4.39 Å². The van der Waals surface area contributed by atoms with Gasteiger partial charge in [0.2, 0.25) is 0 Å². The first-order chi connectivity index (χ1) is 12.0. The molecule has 0 saturated carbocycles. The predicted molar refractivity (Wildman–Crippen MR) is 93.4 cm³/mol. The van der Waals surface area contributed by atoms with Crippen molar-refractivity contribution in [1.29, 1.82) is 0 Å². The van der Waals surface area contributed by atoms with Crippen molar-refractivity contribution < 1.29 is 13.9 Å². The van der Waals surface area contributed by atoms with Crippen LogP contribution in [0.5, 0.6) is 5.75 Å². The second-order valence-corrected chi connectivity index (χ2v) is 6.97. The van der Waals surface area contributed by atoms with E-state index in [2.05, 4.69) is 4.90 Å². The third-order valence-corrected chi connectivity index (χ3v) is 5.30. The highest BCUT2D eigenvalue weighted by molar-refractivity contribution is 6.31. The van der Waals surface area contributed by atoms with E-state index in [9.17, 15) is 9.18 Å². The van der Waals surface area contributed by atoms with Gasteiger partial charge in [-0.3, -0.25) is 9.69 Å². The van der Waals surface area contributed by atoms with Crippen LogP contribution in [0.25, 0.3) is 0 Å². The first kappa shape index (κ1) is 16.4. The van der Waals surface area contributed by atoms with Gasteiger partial charge in [0, 0.05) is 37.8 Å². The Balaban J connectivity index is 1.58. The average molecular weight is 361 g/mol. The number of halogens is 2. The molecule has 0 aliphatic carbocycles. The van der Waals surface area contributed by atoms with Gasteiger partial charge in [-0.15, -0.1) is 0 Å². The number of carbonyl (C=O) groups is 1. The van der Waals surface area contributed by atoms with Crippen LogP contribution < -0.4 is 4.74 Å². The summed E-state index contributed by atoms with van der Waals surface area (Å²) in [6.45, 7) is 2.03. The van der Waals surface area contributed by atoms with Crippen LogP contribution >= 0.6 is 11.6 Å². The van der Waals surface area contributed by atoms with Crippen molar-refractivity contribution in [2.24, 2.45) is 0 Å². The molecule has 0 unspecified atom stereocenters. The number of rotatable bonds is 2. The summed E-state index contributed by atoms with van der Waals surface area (Å²) in [5.74, 6) is -0.218. The SMILES string of the molecule is CN1C(=O)c2ccc(F)cc2O[C@H]2CN(Cc3ccccc3Cl)C[C@H]21. The maximum Gasteiger partial charge on any atom is 0.257 e. The lowest BCUT2D eigenvalue weighted by molar-refractivity contribution is 0.0682. The van der Waals surface area contributed by atoms with E-state index in [-0.39, 0.29) is 18.1 Å². The number of amides is 1. The number of likely N-dealkylation sites (N-methyl/N-ethyl adjacent to an activating group) is 1. The molecule has 1 fully saturated rings. The summed E-state index contributed by atoms with van der Waals surface area (Å²) in [5, 5.41) is 0.729. The molecule has 1 amide bonds. The number of benzene rings is 2. The first-order valence-electron chi connectivity index (χ1n) is 8.22. The number of likely N-dealkylation sites (tertiary alicyclic amines) is 1. The van der Waals surface area contributed by atoms with Crippen LogP contribution in [0, 0.1) is 5.82 Å². The number of hydrogen-bond donors (Lipinski definition) is 0. The van der Waals surface area contributed by atoms with Crippen molar-refractivity contribution in [3.8, 4) is 5.75 Å². The second kappa shape index (κ2) is 6.32. The standard InChI is InChI=1S/C19H18ClFN2O2/c1-22-16-10-23(9-12-4-2-3-5-15(12)20)11-18(16)25-17-8-13(21)6-7-14(17)19(22)24/h2-8,16,18H,9-11H2,1H3/t16-,18+/m1/s1. The first-order valence-corrected chi connectivity index (χ1v) is 8.60. The van der Waals surface area contributed by atoms with Gasteiger partial charge in [0.05, 0.1) is 11.6 Å². The molecule has 0 aromatic heterocycles. The van der Waals surface area contributed by atoms with Crippen LogP contribution in [-0.4, -0.2) is 48.0 Å². The smallest absolute Gasteiger partial charge is 0.257 e. The van der Waals surface area contributed by atoms with Gasteiger partial charge in [-0.2, -0.15) is 0 Å². The number of carbonyl (C=O) groups excluding carboxylic acids is 1. The molecule has 25 heavy (non-hydrogen) atoms. The molecule has 0 radical (unpaired) electrons. The maximum absolute atomic E-state index is 13.6. The van der Waals surface area contributed by atoms with Crippen molar-refractivity contribution in [1.82, 2.24) is 9.80 Å². The Morgan fingerprint density at radius 1 is 1.24 bits per heavy atom. The van der Waals surface area contributed by atoms with Crippen LogP contribution in [0.1, 0.15) is 15.9 Å². The van der Waals surface area contributed by atoms with E-state index in [1.807, 2.05) is 24.3 Å². The molecular weight excluding hydrogens is 343 g/mol. The van der Waals surface area contributed by atoms with Gasteiger partial charge >= 0.3 is 0 Å². The summed E-state index contributed by atoms with van der Waals surface area (Å²) in [7, 11) is 1.78. The summed E-state index contributed by atoms with van der Waals surface area (Å²) in [4.78, 5) is 16.6.